The maximum absolute atomic E-state index is 13.6. The Labute approximate surface area is 244 Å². The van der Waals surface area contributed by atoms with Crippen molar-refractivity contribution in [1.29, 1.82) is 0 Å². The largest absolute Gasteiger partial charge is 0.486 e. The van der Waals surface area contributed by atoms with Crippen molar-refractivity contribution in [3.8, 4) is 11.4 Å². The summed E-state index contributed by atoms with van der Waals surface area (Å²) in [6, 6.07) is 11.1. The van der Waals surface area contributed by atoms with E-state index in [-0.39, 0.29) is 40.2 Å². The van der Waals surface area contributed by atoms with Crippen molar-refractivity contribution < 1.29 is 18.1 Å². The van der Waals surface area contributed by atoms with Crippen LogP contribution in [0.25, 0.3) is 5.69 Å². The highest BCUT2D eigenvalue weighted by atomic mass is 79.9. The molecule has 11 nitrogen and oxygen atoms in total. The summed E-state index contributed by atoms with van der Waals surface area (Å²) in [5.74, 6) is -0.188. The van der Waals surface area contributed by atoms with Crippen LogP contribution in [0.3, 0.4) is 0 Å². The monoisotopic (exact) mass is 651 g/mol. The van der Waals surface area contributed by atoms with Gasteiger partial charge in [-0.25, -0.2) is 8.42 Å². The van der Waals surface area contributed by atoms with Gasteiger partial charge in [0.05, 0.1) is 33.6 Å². The SMILES string of the molecule is CC1(COc2c(N3CCN(S(=O)(=O)Cc4ccc(Br)c([N+](=O)[O-])c4)CC3)cnn(-c3cccc(Cl)c3)c2=O)CC1. The molecule has 0 atom stereocenters. The van der Waals surface area contributed by atoms with E-state index < -0.39 is 20.5 Å². The lowest BCUT2D eigenvalue weighted by atomic mass is 10.2. The minimum atomic E-state index is -3.74. The van der Waals surface area contributed by atoms with Gasteiger partial charge < -0.3 is 9.64 Å². The molecule has 2 fully saturated rings. The van der Waals surface area contributed by atoms with E-state index in [1.807, 2.05) is 4.90 Å². The highest BCUT2D eigenvalue weighted by Gasteiger charge is 2.39. The molecule has 5 rings (SSSR count). The molecule has 40 heavy (non-hydrogen) atoms. The molecule has 1 saturated carbocycles. The number of hydrogen-bond acceptors (Lipinski definition) is 8. The third kappa shape index (κ3) is 6.17. The van der Waals surface area contributed by atoms with Crippen LogP contribution < -0.4 is 15.2 Å². The van der Waals surface area contributed by atoms with Crippen LogP contribution in [-0.2, 0) is 15.8 Å². The first-order valence-electron chi connectivity index (χ1n) is 12.6. The number of anilines is 1. The lowest BCUT2D eigenvalue weighted by Gasteiger charge is -2.35. The quantitative estimate of drug-likeness (QED) is 0.246. The number of benzene rings is 2. The number of nitrogens with zero attached hydrogens (tertiary/aromatic N) is 5. The maximum Gasteiger partial charge on any atom is 0.316 e. The van der Waals surface area contributed by atoms with Crippen LogP contribution in [0.5, 0.6) is 5.75 Å². The lowest BCUT2D eigenvalue weighted by molar-refractivity contribution is -0.385. The molecule has 0 bridgehead atoms. The molecule has 0 spiro atoms. The van der Waals surface area contributed by atoms with Crippen LogP contribution in [0.2, 0.25) is 5.02 Å². The molecule has 2 heterocycles. The van der Waals surface area contributed by atoms with Crippen LogP contribution in [0.15, 0.2) is 57.9 Å². The van der Waals surface area contributed by atoms with Crippen molar-refractivity contribution in [3.05, 3.63) is 84.2 Å². The van der Waals surface area contributed by atoms with E-state index in [1.165, 1.54) is 21.1 Å². The van der Waals surface area contributed by atoms with Crippen LogP contribution in [0.4, 0.5) is 11.4 Å². The first kappa shape index (κ1) is 28.5. The smallest absolute Gasteiger partial charge is 0.316 e. The zero-order valence-corrected chi connectivity index (χ0v) is 24.8. The number of hydrogen-bond donors (Lipinski definition) is 0. The number of nitro benzene ring substituents is 1. The highest BCUT2D eigenvalue weighted by Crippen LogP contribution is 2.45. The fourth-order valence-electron chi connectivity index (χ4n) is 4.48. The molecule has 0 unspecified atom stereocenters. The van der Waals surface area contributed by atoms with Gasteiger partial charge >= 0.3 is 5.56 Å². The molecular weight excluding hydrogens is 626 g/mol. The van der Waals surface area contributed by atoms with Crippen molar-refractivity contribution >= 4 is 48.9 Å². The summed E-state index contributed by atoms with van der Waals surface area (Å²) in [7, 11) is -3.74. The second kappa shape index (κ2) is 11.1. The lowest BCUT2D eigenvalue weighted by Crippen LogP contribution is -2.49. The molecular formula is C26H27BrClN5O6S. The van der Waals surface area contributed by atoms with Crippen molar-refractivity contribution in [3.63, 3.8) is 0 Å². The molecule has 1 aliphatic carbocycles. The maximum atomic E-state index is 13.6. The summed E-state index contributed by atoms with van der Waals surface area (Å²) in [4.78, 5) is 26.1. The normalized spacial score (nSPS) is 17.0. The van der Waals surface area contributed by atoms with Gasteiger partial charge in [-0.05, 0) is 58.6 Å². The fraction of sp³-hybridized carbons (Fsp3) is 0.385. The van der Waals surface area contributed by atoms with Gasteiger partial charge in [-0.3, -0.25) is 14.9 Å². The van der Waals surface area contributed by atoms with E-state index in [9.17, 15) is 23.3 Å². The Kier molecular flexibility index (Phi) is 7.92. The molecule has 0 amide bonds. The van der Waals surface area contributed by atoms with Crippen molar-refractivity contribution in [2.24, 2.45) is 5.41 Å². The standard InChI is InChI=1S/C26H27BrClN5O6S/c1-26(7-8-26)17-39-24-23(15-29-32(25(24)34)20-4-2-3-19(28)14-20)30-9-11-31(12-10-30)40(37,38)16-18-5-6-21(27)22(13-18)33(35)36/h2-6,13-15H,7-12,16-17H2,1H3. The second-order valence-electron chi connectivity index (χ2n) is 10.3. The third-order valence-corrected chi connectivity index (χ3v) is 9.92. The molecule has 3 aromatic rings. The van der Waals surface area contributed by atoms with E-state index in [1.54, 1.807) is 36.5 Å². The van der Waals surface area contributed by atoms with Gasteiger partial charge in [0.15, 0.2) is 0 Å². The molecule has 1 saturated heterocycles. The summed E-state index contributed by atoms with van der Waals surface area (Å²) in [5, 5.41) is 16.1. The van der Waals surface area contributed by atoms with Crippen LogP contribution in [-0.4, -0.2) is 60.2 Å². The second-order valence-corrected chi connectivity index (χ2v) is 13.6. The predicted molar refractivity (Wildman–Crippen MR) is 155 cm³/mol. The number of ether oxygens (including phenoxy) is 1. The first-order valence-corrected chi connectivity index (χ1v) is 15.4. The number of rotatable bonds is 9. The number of sulfonamides is 1. The van der Waals surface area contributed by atoms with E-state index in [0.29, 0.717) is 41.7 Å². The zero-order chi connectivity index (χ0) is 28.7. The zero-order valence-electron chi connectivity index (χ0n) is 21.6. The topological polar surface area (TPSA) is 128 Å². The Bertz CT molecular complexity index is 1620. The molecule has 2 aromatic carbocycles. The van der Waals surface area contributed by atoms with E-state index in [0.717, 1.165) is 12.8 Å². The molecule has 0 N–H and O–H groups in total. The Hall–Kier alpha value is -3.00. The number of piperazine rings is 1. The average Bonchev–Trinajstić information content (AvgIpc) is 3.65. The highest BCUT2D eigenvalue weighted by molar-refractivity contribution is 9.10. The van der Waals surface area contributed by atoms with Gasteiger partial charge in [-0.2, -0.15) is 14.1 Å². The Morgan fingerprint density at radius 3 is 2.52 bits per heavy atom. The summed E-state index contributed by atoms with van der Waals surface area (Å²) in [5.41, 5.74) is 0.767. The van der Waals surface area contributed by atoms with Crippen LogP contribution in [0.1, 0.15) is 25.3 Å². The van der Waals surface area contributed by atoms with Gasteiger partial charge in [-0.1, -0.05) is 30.7 Å². The minimum Gasteiger partial charge on any atom is -0.486 e. The van der Waals surface area contributed by atoms with Gasteiger partial charge in [-0.15, -0.1) is 0 Å². The average molecular weight is 653 g/mol. The van der Waals surface area contributed by atoms with Crippen molar-refractivity contribution in [2.75, 3.05) is 37.7 Å². The summed E-state index contributed by atoms with van der Waals surface area (Å²) < 4.78 is 35.3. The number of halogens is 2. The van der Waals surface area contributed by atoms with Crippen molar-refractivity contribution in [2.45, 2.75) is 25.5 Å². The minimum absolute atomic E-state index is 0.0305. The first-order chi connectivity index (χ1) is 19.0. The van der Waals surface area contributed by atoms with E-state index >= 15 is 0 Å². The number of nitro groups is 1. The van der Waals surface area contributed by atoms with Gasteiger partial charge in [0.2, 0.25) is 15.8 Å². The molecule has 212 valence electrons. The summed E-state index contributed by atoms with van der Waals surface area (Å²) >= 11 is 9.25. The van der Waals surface area contributed by atoms with Gasteiger partial charge in [0, 0.05) is 42.7 Å². The molecule has 14 heteroatoms. The molecule has 2 aliphatic rings. The van der Waals surface area contributed by atoms with E-state index in [2.05, 4.69) is 28.0 Å². The Balaban J connectivity index is 1.35. The Morgan fingerprint density at radius 1 is 1.15 bits per heavy atom. The van der Waals surface area contributed by atoms with Crippen LogP contribution >= 0.6 is 27.5 Å². The number of aromatic nitrogens is 2. The Morgan fingerprint density at radius 2 is 1.88 bits per heavy atom. The van der Waals surface area contributed by atoms with Gasteiger partial charge in [0.1, 0.15) is 5.69 Å². The van der Waals surface area contributed by atoms with Crippen molar-refractivity contribution in [1.82, 2.24) is 14.1 Å². The summed E-state index contributed by atoms with van der Waals surface area (Å²) in [6.45, 7) is 3.48. The molecule has 1 aromatic heterocycles. The van der Waals surface area contributed by atoms with Crippen LogP contribution in [0, 0.1) is 15.5 Å². The predicted octanol–water partition coefficient (Wildman–Crippen LogP) is 4.39. The summed E-state index contributed by atoms with van der Waals surface area (Å²) in [6.07, 6.45) is 3.61. The van der Waals surface area contributed by atoms with Gasteiger partial charge in [0.25, 0.3) is 5.69 Å². The fourth-order valence-corrected chi connectivity index (χ4v) is 6.56. The molecule has 1 aliphatic heterocycles. The van der Waals surface area contributed by atoms with E-state index in [4.69, 9.17) is 16.3 Å². The third-order valence-electron chi connectivity index (χ3n) is 7.17. The molecule has 0 radical (unpaired) electrons.